The smallest absolute Gasteiger partial charge is 0.325 e. The highest BCUT2D eigenvalue weighted by molar-refractivity contribution is 6.35. The van der Waals surface area contributed by atoms with Crippen LogP contribution >= 0.6 is 23.2 Å². The summed E-state index contributed by atoms with van der Waals surface area (Å²) in [5, 5.41) is 6.39. The largest absolute Gasteiger partial charge is 0.354 e. The minimum atomic E-state index is -0.548. The Morgan fingerprint density at radius 3 is 2.68 bits per heavy atom. The van der Waals surface area contributed by atoms with Crippen molar-refractivity contribution in [1.29, 1.82) is 0 Å². The summed E-state index contributed by atoms with van der Waals surface area (Å²) in [6, 6.07) is 4.10. The fourth-order valence-electron chi connectivity index (χ4n) is 2.62. The first-order valence-electron chi connectivity index (χ1n) is 8.10. The fraction of sp³-hybridized carbons (Fsp3) is 0.471. The molecule has 25 heavy (non-hydrogen) atoms. The molecule has 1 aromatic rings. The molecule has 1 aliphatic heterocycles. The lowest BCUT2D eigenvalue weighted by Gasteiger charge is -2.14. The van der Waals surface area contributed by atoms with Crippen molar-refractivity contribution in [2.45, 2.75) is 32.7 Å². The van der Waals surface area contributed by atoms with Crippen molar-refractivity contribution in [2.24, 2.45) is 5.92 Å². The maximum atomic E-state index is 12.2. The van der Waals surface area contributed by atoms with Crippen LogP contribution < -0.4 is 10.6 Å². The van der Waals surface area contributed by atoms with Gasteiger partial charge in [-0.2, -0.15) is 0 Å². The maximum Gasteiger partial charge on any atom is 0.325 e. The number of carbonyl (C=O) groups excluding carboxylic acids is 3. The lowest BCUT2D eigenvalue weighted by atomic mass is 10.0. The first kappa shape index (κ1) is 19.5. The Morgan fingerprint density at radius 1 is 1.32 bits per heavy atom. The summed E-state index contributed by atoms with van der Waals surface area (Å²) in [7, 11) is 0. The molecule has 4 amide bonds. The molecule has 0 bridgehead atoms. The van der Waals surface area contributed by atoms with E-state index in [0.717, 1.165) is 10.5 Å². The van der Waals surface area contributed by atoms with Gasteiger partial charge in [0.25, 0.3) is 5.91 Å². The summed E-state index contributed by atoms with van der Waals surface area (Å²) in [4.78, 5) is 37.0. The van der Waals surface area contributed by atoms with E-state index in [1.54, 1.807) is 18.2 Å². The predicted molar refractivity (Wildman–Crippen MR) is 96.7 cm³/mol. The lowest BCUT2D eigenvalue weighted by Crippen LogP contribution is -2.41. The van der Waals surface area contributed by atoms with Crippen LogP contribution in [0.5, 0.6) is 0 Å². The summed E-state index contributed by atoms with van der Waals surface area (Å²) in [5.74, 6) is -0.472. The third-order valence-corrected chi connectivity index (χ3v) is 4.43. The molecule has 2 rings (SSSR count). The van der Waals surface area contributed by atoms with Gasteiger partial charge in [-0.05, 0) is 36.5 Å². The highest BCUT2D eigenvalue weighted by Gasteiger charge is 2.38. The van der Waals surface area contributed by atoms with Gasteiger partial charge in [0.05, 0.1) is 0 Å². The third kappa shape index (κ3) is 5.34. The van der Waals surface area contributed by atoms with Crippen molar-refractivity contribution in [3.8, 4) is 0 Å². The van der Waals surface area contributed by atoms with E-state index in [2.05, 4.69) is 10.6 Å². The monoisotopic (exact) mass is 385 g/mol. The SMILES string of the molecule is CC(C)C[C@H]1NC(=O)N(CC(=O)NCCc2ccc(Cl)cc2Cl)C1=O. The van der Waals surface area contributed by atoms with E-state index in [0.29, 0.717) is 29.4 Å². The van der Waals surface area contributed by atoms with E-state index < -0.39 is 18.0 Å². The van der Waals surface area contributed by atoms with Gasteiger partial charge in [0.2, 0.25) is 5.91 Å². The van der Waals surface area contributed by atoms with Crippen LogP contribution in [0.2, 0.25) is 10.0 Å². The molecule has 1 atom stereocenters. The van der Waals surface area contributed by atoms with Gasteiger partial charge < -0.3 is 10.6 Å². The van der Waals surface area contributed by atoms with Crippen LogP contribution in [0.15, 0.2) is 18.2 Å². The zero-order valence-electron chi connectivity index (χ0n) is 14.1. The molecule has 0 aliphatic carbocycles. The van der Waals surface area contributed by atoms with Crippen molar-refractivity contribution >= 4 is 41.0 Å². The van der Waals surface area contributed by atoms with Gasteiger partial charge in [-0.15, -0.1) is 0 Å². The topological polar surface area (TPSA) is 78.5 Å². The Labute approximate surface area is 156 Å². The second-order valence-electron chi connectivity index (χ2n) is 6.39. The number of hydrogen-bond donors (Lipinski definition) is 2. The highest BCUT2D eigenvalue weighted by atomic mass is 35.5. The second kappa shape index (κ2) is 8.54. The zero-order chi connectivity index (χ0) is 18.6. The molecule has 0 saturated carbocycles. The van der Waals surface area contributed by atoms with Crippen molar-refractivity contribution < 1.29 is 14.4 Å². The standard InChI is InChI=1S/C17H21Cl2N3O3/c1-10(2)7-14-16(24)22(17(25)21-14)9-15(23)20-6-5-11-3-4-12(18)8-13(11)19/h3-4,8,10,14H,5-7,9H2,1-2H3,(H,20,23)(H,21,25)/t14-/m1/s1. The molecular formula is C17H21Cl2N3O3. The van der Waals surface area contributed by atoms with E-state index in [1.807, 2.05) is 13.8 Å². The number of amides is 4. The molecule has 1 aromatic carbocycles. The Hall–Kier alpha value is -1.79. The van der Waals surface area contributed by atoms with Crippen LogP contribution in [0.3, 0.4) is 0 Å². The van der Waals surface area contributed by atoms with Crippen molar-refractivity contribution in [2.75, 3.05) is 13.1 Å². The number of nitrogens with zero attached hydrogens (tertiary/aromatic N) is 1. The molecular weight excluding hydrogens is 365 g/mol. The number of hydrogen-bond acceptors (Lipinski definition) is 3. The Kier molecular flexibility index (Phi) is 6.67. The molecule has 0 radical (unpaired) electrons. The van der Waals surface area contributed by atoms with Gasteiger partial charge >= 0.3 is 6.03 Å². The number of imide groups is 1. The summed E-state index contributed by atoms with van der Waals surface area (Å²) in [6.07, 6.45) is 1.08. The number of benzene rings is 1. The molecule has 6 nitrogen and oxygen atoms in total. The van der Waals surface area contributed by atoms with Gasteiger partial charge in [0, 0.05) is 16.6 Å². The van der Waals surface area contributed by atoms with Crippen LogP contribution in [0.25, 0.3) is 0 Å². The Balaban J connectivity index is 1.82. The number of carbonyl (C=O) groups is 3. The molecule has 1 aliphatic rings. The maximum absolute atomic E-state index is 12.2. The molecule has 8 heteroatoms. The number of halogens is 2. The molecule has 1 fully saturated rings. The van der Waals surface area contributed by atoms with Gasteiger partial charge in [0.1, 0.15) is 12.6 Å². The average Bonchev–Trinajstić information content (AvgIpc) is 2.76. The van der Waals surface area contributed by atoms with E-state index in [1.165, 1.54) is 0 Å². The lowest BCUT2D eigenvalue weighted by molar-refractivity contribution is -0.132. The van der Waals surface area contributed by atoms with E-state index in [-0.39, 0.29) is 18.4 Å². The van der Waals surface area contributed by atoms with Gasteiger partial charge in [-0.1, -0.05) is 43.1 Å². The summed E-state index contributed by atoms with van der Waals surface area (Å²) >= 11 is 11.9. The zero-order valence-corrected chi connectivity index (χ0v) is 15.7. The van der Waals surface area contributed by atoms with Gasteiger partial charge in [-0.3, -0.25) is 14.5 Å². The van der Waals surface area contributed by atoms with Crippen LogP contribution in [0, 0.1) is 5.92 Å². The fourth-order valence-corrected chi connectivity index (χ4v) is 3.12. The average molecular weight is 386 g/mol. The molecule has 136 valence electrons. The highest BCUT2D eigenvalue weighted by Crippen LogP contribution is 2.21. The molecule has 0 unspecified atom stereocenters. The van der Waals surface area contributed by atoms with Crippen LogP contribution in [-0.4, -0.2) is 41.9 Å². The normalized spacial score (nSPS) is 17.2. The minimum Gasteiger partial charge on any atom is -0.354 e. The number of nitrogens with one attached hydrogen (secondary N) is 2. The van der Waals surface area contributed by atoms with E-state index >= 15 is 0 Å². The molecule has 0 spiro atoms. The predicted octanol–water partition coefficient (Wildman–Crippen LogP) is 2.62. The molecule has 1 heterocycles. The quantitative estimate of drug-likeness (QED) is 0.708. The summed E-state index contributed by atoms with van der Waals surface area (Å²) in [5.41, 5.74) is 0.860. The van der Waals surface area contributed by atoms with Crippen LogP contribution in [-0.2, 0) is 16.0 Å². The van der Waals surface area contributed by atoms with Gasteiger partial charge in [-0.25, -0.2) is 4.79 Å². The van der Waals surface area contributed by atoms with E-state index in [9.17, 15) is 14.4 Å². The summed E-state index contributed by atoms with van der Waals surface area (Å²) < 4.78 is 0. The first-order valence-corrected chi connectivity index (χ1v) is 8.86. The molecule has 0 aromatic heterocycles. The van der Waals surface area contributed by atoms with Gasteiger partial charge in [0.15, 0.2) is 0 Å². The third-order valence-electron chi connectivity index (χ3n) is 3.85. The van der Waals surface area contributed by atoms with E-state index in [4.69, 9.17) is 23.2 Å². The molecule has 2 N–H and O–H groups in total. The Bertz CT molecular complexity index is 679. The van der Waals surface area contributed by atoms with Crippen molar-refractivity contribution in [3.63, 3.8) is 0 Å². The van der Waals surface area contributed by atoms with Crippen molar-refractivity contribution in [3.05, 3.63) is 33.8 Å². The summed E-state index contributed by atoms with van der Waals surface area (Å²) in [6.45, 7) is 4.00. The van der Waals surface area contributed by atoms with Crippen molar-refractivity contribution in [1.82, 2.24) is 15.5 Å². The number of rotatable bonds is 7. The second-order valence-corrected chi connectivity index (χ2v) is 7.24. The van der Waals surface area contributed by atoms with Crippen LogP contribution in [0.4, 0.5) is 4.79 Å². The number of urea groups is 1. The van der Waals surface area contributed by atoms with Crippen LogP contribution in [0.1, 0.15) is 25.8 Å². The minimum absolute atomic E-state index is 0.271. The first-order chi connectivity index (χ1) is 11.8. The molecule has 1 saturated heterocycles. The Morgan fingerprint density at radius 2 is 2.04 bits per heavy atom.